The van der Waals surface area contributed by atoms with Crippen LogP contribution in [0.25, 0.3) is 0 Å². The molecule has 0 spiro atoms. The second-order valence-corrected chi connectivity index (χ2v) is 4.82. The Morgan fingerprint density at radius 1 is 1.28 bits per heavy atom. The Bertz CT molecular complexity index is 373. The van der Waals surface area contributed by atoms with Crippen LogP contribution in [-0.2, 0) is 11.2 Å². The van der Waals surface area contributed by atoms with Crippen molar-refractivity contribution in [1.82, 2.24) is 5.32 Å². The van der Waals surface area contributed by atoms with Crippen molar-refractivity contribution in [3.8, 4) is 0 Å². The summed E-state index contributed by atoms with van der Waals surface area (Å²) in [6.45, 7) is 6.28. The lowest BCUT2D eigenvalue weighted by Crippen LogP contribution is -2.29. The third-order valence-electron chi connectivity index (χ3n) is 3.21. The summed E-state index contributed by atoms with van der Waals surface area (Å²) in [7, 11) is 0. The van der Waals surface area contributed by atoms with Gasteiger partial charge in [0.1, 0.15) is 0 Å². The van der Waals surface area contributed by atoms with Gasteiger partial charge in [-0.15, -0.1) is 0 Å². The first-order valence-corrected chi connectivity index (χ1v) is 6.59. The highest BCUT2D eigenvalue weighted by Gasteiger charge is 2.10. The van der Waals surface area contributed by atoms with Crippen LogP contribution in [0.1, 0.15) is 50.8 Å². The van der Waals surface area contributed by atoms with Crippen LogP contribution in [0.5, 0.6) is 0 Å². The highest BCUT2D eigenvalue weighted by Crippen LogP contribution is 2.15. The highest BCUT2D eigenvalue weighted by atomic mass is 16.4. The predicted octanol–water partition coefficient (Wildman–Crippen LogP) is 3.15. The van der Waals surface area contributed by atoms with Crippen LogP contribution in [0.4, 0.5) is 0 Å². The van der Waals surface area contributed by atoms with E-state index in [1.165, 1.54) is 11.1 Å². The molecule has 2 N–H and O–H groups in total. The number of nitrogens with one attached hydrogen (secondary N) is 1. The molecule has 0 fully saturated rings. The molecular formula is C15H23NO2. The SMILES string of the molecule is CCc1ccc(C(C)NC(C)CCC(=O)O)cc1. The Kier molecular flexibility index (Phi) is 5.86. The van der Waals surface area contributed by atoms with Crippen molar-refractivity contribution in [1.29, 1.82) is 0 Å². The summed E-state index contributed by atoms with van der Waals surface area (Å²) >= 11 is 0. The van der Waals surface area contributed by atoms with Gasteiger partial charge in [0.2, 0.25) is 0 Å². The zero-order valence-corrected chi connectivity index (χ0v) is 11.4. The van der Waals surface area contributed by atoms with Crippen LogP contribution in [0.2, 0.25) is 0 Å². The molecule has 3 nitrogen and oxygen atoms in total. The largest absolute Gasteiger partial charge is 0.481 e. The fourth-order valence-electron chi connectivity index (χ4n) is 1.99. The molecule has 0 radical (unpaired) electrons. The second-order valence-electron chi connectivity index (χ2n) is 4.82. The first-order chi connectivity index (χ1) is 8.52. The minimum absolute atomic E-state index is 0.210. The fraction of sp³-hybridized carbons (Fsp3) is 0.533. The smallest absolute Gasteiger partial charge is 0.303 e. The molecule has 0 aliphatic heterocycles. The number of hydrogen-bond donors (Lipinski definition) is 2. The third-order valence-corrected chi connectivity index (χ3v) is 3.21. The number of aryl methyl sites for hydroxylation is 1. The van der Waals surface area contributed by atoms with E-state index < -0.39 is 5.97 Å². The van der Waals surface area contributed by atoms with Gasteiger partial charge in [0.15, 0.2) is 0 Å². The molecule has 0 saturated carbocycles. The minimum atomic E-state index is -0.733. The van der Waals surface area contributed by atoms with Crippen LogP contribution in [0.3, 0.4) is 0 Å². The number of benzene rings is 1. The molecule has 18 heavy (non-hydrogen) atoms. The van der Waals surface area contributed by atoms with Gasteiger partial charge in [-0.2, -0.15) is 0 Å². The van der Waals surface area contributed by atoms with Crippen molar-refractivity contribution in [2.45, 2.75) is 52.1 Å². The fourth-order valence-corrected chi connectivity index (χ4v) is 1.99. The molecule has 0 amide bonds. The molecule has 0 aromatic heterocycles. The monoisotopic (exact) mass is 249 g/mol. The first kappa shape index (κ1) is 14.7. The zero-order valence-electron chi connectivity index (χ0n) is 11.4. The van der Waals surface area contributed by atoms with Crippen LogP contribution < -0.4 is 5.32 Å². The lowest BCUT2D eigenvalue weighted by molar-refractivity contribution is -0.137. The average molecular weight is 249 g/mol. The lowest BCUT2D eigenvalue weighted by atomic mass is 10.0. The minimum Gasteiger partial charge on any atom is -0.481 e. The topological polar surface area (TPSA) is 49.3 Å². The highest BCUT2D eigenvalue weighted by molar-refractivity contribution is 5.66. The zero-order chi connectivity index (χ0) is 13.5. The molecule has 1 aromatic carbocycles. The van der Waals surface area contributed by atoms with E-state index in [1.807, 2.05) is 6.92 Å². The normalized spacial score (nSPS) is 14.2. The maximum atomic E-state index is 10.5. The summed E-state index contributed by atoms with van der Waals surface area (Å²) in [5.74, 6) is -0.733. The molecule has 0 aliphatic rings. The van der Waals surface area contributed by atoms with Gasteiger partial charge in [-0.05, 0) is 37.8 Å². The Morgan fingerprint density at radius 2 is 1.89 bits per heavy atom. The molecular weight excluding hydrogens is 226 g/mol. The number of rotatable bonds is 7. The Morgan fingerprint density at radius 3 is 2.39 bits per heavy atom. The third kappa shape index (κ3) is 4.88. The van der Waals surface area contributed by atoms with Crippen LogP contribution in [0.15, 0.2) is 24.3 Å². The van der Waals surface area contributed by atoms with E-state index >= 15 is 0 Å². The van der Waals surface area contributed by atoms with E-state index in [2.05, 4.69) is 43.4 Å². The van der Waals surface area contributed by atoms with Gasteiger partial charge < -0.3 is 10.4 Å². The van der Waals surface area contributed by atoms with Crippen molar-refractivity contribution in [2.24, 2.45) is 0 Å². The molecule has 3 heteroatoms. The number of hydrogen-bond acceptors (Lipinski definition) is 2. The van der Waals surface area contributed by atoms with E-state index in [0.717, 1.165) is 6.42 Å². The summed E-state index contributed by atoms with van der Waals surface area (Å²) in [6, 6.07) is 9.03. The number of carboxylic acid groups (broad SMARTS) is 1. The molecule has 0 aliphatic carbocycles. The second kappa shape index (κ2) is 7.17. The van der Waals surface area contributed by atoms with E-state index in [-0.39, 0.29) is 18.5 Å². The van der Waals surface area contributed by atoms with E-state index in [4.69, 9.17) is 5.11 Å². The summed E-state index contributed by atoms with van der Waals surface area (Å²) in [4.78, 5) is 10.5. The Balaban J connectivity index is 2.47. The quantitative estimate of drug-likeness (QED) is 0.780. The molecule has 1 aromatic rings. The summed E-state index contributed by atoms with van der Waals surface area (Å²) < 4.78 is 0. The Hall–Kier alpha value is -1.35. The number of carboxylic acids is 1. The van der Waals surface area contributed by atoms with Gasteiger partial charge in [0, 0.05) is 18.5 Å². The van der Waals surface area contributed by atoms with Crippen LogP contribution >= 0.6 is 0 Å². The Labute approximate surface area is 109 Å². The van der Waals surface area contributed by atoms with Crippen molar-refractivity contribution in [2.75, 3.05) is 0 Å². The van der Waals surface area contributed by atoms with Gasteiger partial charge in [0.05, 0.1) is 0 Å². The van der Waals surface area contributed by atoms with Crippen LogP contribution in [0, 0.1) is 0 Å². The van der Waals surface area contributed by atoms with E-state index in [0.29, 0.717) is 6.42 Å². The van der Waals surface area contributed by atoms with Gasteiger partial charge in [-0.25, -0.2) is 0 Å². The average Bonchev–Trinajstić information content (AvgIpc) is 2.36. The van der Waals surface area contributed by atoms with E-state index in [1.54, 1.807) is 0 Å². The molecule has 0 bridgehead atoms. The lowest BCUT2D eigenvalue weighted by Gasteiger charge is -2.20. The van der Waals surface area contributed by atoms with Gasteiger partial charge in [-0.1, -0.05) is 31.2 Å². The van der Waals surface area contributed by atoms with Crippen molar-refractivity contribution in [3.05, 3.63) is 35.4 Å². The van der Waals surface area contributed by atoms with Crippen molar-refractivity contribution < 1.29 is 9.90 Å². The van der Waals surface area contributed by atoms with Gasteiger partial charge in [-0.3, -0.25) is 4.79 Å². The van der Waals surface area contributed by atoms with Gasteiger partial charge >= 0.3 is 5.97 Å². The summed E-state index contributed by atoms with van der Waals surface area (Å²) in [5, 5.41) is 12.1. The predicted molar refractivity (Wildman–Crippen MR) is 73.7 cm³/mol. The van der Waals surface area contributed by atoms with Crippen molar-refractivity contribution >= 4 is 5.97 Å². The van der Waals surface area contributed by atoms with Crippen molar-refractivity contribution in [3.63, 3.8) is 0 Å². The maximum Gasteiger partial charge on any atom is 0.303 e. The van der Waals surface area contributed by atoms with Crippen LogP contribution in [-0.4, -0.2) is 17.1 Å². The molecule has 0 heterocycles. The van der Waals surface area contributed by atoms with Gasteiger partial charge in [0.25, 0.3) is 0 Å². The molecule has 2 unspecified atom stereocenters. The summed E-state index contributed by atoms with van der Waals surface area (Å²) in [6.07, 6.45) is 1.93. The summed E-state index contributed by atoms with van der Waals surface area (Å²) in [5.41, 5.74) is 2.58. The first-order valence-electron chi connectivity index (χ1n) is 6.59. The molecule has 1 rings (SSSR count). The number of carbonyl (C=O) groups is 1. The maximum absolute atomic E-state index is 10.5. The molecule has 2 atom stereocenters. The number of aliphatic carboxylic acids is 1. The molecule has 100 valence electrons. The van der Waals surface area contributed by atoms with E-state index in [9.17, 15) is 4.79 Å². The standard InChI is InChI=1S/C15H23NO2/c1-4-13-6-8-14(9-7-13)12(3)16-11(2)5-10-15(17)18/h6-9,11-12,16H,4-5,10H2,1-3H3,(H,17,18). The molecule has 0 saturated heterocycles.